The molecule has 0 bridgehead atoms. The summed E-state index contributed by atoms with van der Waals surface area (Å²) in [5.41, 5.74) is 1.26. The van der Waals surface area contributed by atoms with Gasteiger partial charge in [-0.05, 0) is 13.0 Å². The normalized spacial score (nSPS) is 13.4. The van der Waals surface area contributed by atoms with E-state index in [4.69, 9.17) is 5.41 Å². The van der Waals surface area contributed by atoms with Gasteiger partial charge in [-0.1, -0.05) is 6.58 Å². The molecule has 75 valence electrons. The second kappa shape index (κ2) is 8.07. The first-order chi connectivity index (χ1) is 6.04. The molecule has 0 aromatic carbocycles. The predicted molar refractivity (Wildman–Crippen MR) is 56.7 cm³/mol. The molecule has 0 amide bonds. The van der Waals surface area contributed by atoms with Crippen LogP contribution in [-0.2, 0) is 32.7 Å². The molecule has 0 aliphatic rings. The summed E-state index contributed by atoms with van der Waals surface area (Å²) in [6.07, 6.45) is 2.66. The Kier molecular flexibility index (Phi) is 9.31. The van der Waals surface area contributed by atoms with Gasteiger partial charge in [0, 0.05) is 39.6 Å². The molecule has 1 N–H and O–H groups in total. The van der Waals surface area contributed by atoms with E-state index in [-0.39, 0.29) is 38.5 Å². The average molecular weight is 269 g/mol. The number of likely N-dealkylation sites (N-methyl/N-ethyl adjacent to an activating group) is 1. The average Bonchev–Trinajstić information content (AvgIpc) is 2.05. The summed E-state index contributed by atoms with van der Waals surface area (Å²) < 4.78 is 1.88. The fourth-order valence-corrected chi connectivity index (χ4v) is 0.985. The Morgan fingerprint density at radius 2 is 2.00 bits per heavy atom. The molecule has 1 radical (unpaired) electrons. The zero-order valence-corrected chi connectivity index (χ0v) is 11.8. The van der Waals surface area contributed by atoms with Crippen molar-refractivity contribution >= 4 is 11.9 Å². The summed E-state index contributed by atoms with van der Waals surface area (Å²) >= 11 is 0. The summed E-state index contributed by atoms with van der Waals surface area (Å²) in [5.74, 6) is 0.107. The first kappa shape index (κ1) is 16.2. The molecule has 0 unspecified atom stereocenters. The van der Waals surface area contributed by atoms with E-state index in [2.05, 4.69) is 6.58 Å². The van der Waals surface area contributed by atoms with E-state index < -0.39 is 0 Å². The van der Waals surface area contributed by atoms with Gasteiger partial charge in [0.15, 0.2) is 12.3 Å². The molecule has 0 aromatic rings. The van der Waals surface area contributed by atoms with E-state index >= 15 is 0 Å². The summed E-state index contributed by atoms with van der Waals surface area (Å²) in [6, 6.07) is 0. The molecule has 0 heterocycles. The van der Waals surface area contributed by atoms with Gasteiger partial charge in [0.2, 0.25) is 0 Å². The summed E-state index contributed by atoms with van der Waals surface area (Å²) in [6.45, 7) is 7.64. The Labute approximate surface area is 111 Å². The van der Waals surface area contributed by atoms with E-state index in [1.54, 1.807) is 6.08 Å². The number of nitrogens with zero attached hydrogens (tertiary/aromatic N) is 2. The Bertz CT molecular complexity index is 276. The van der Waals surface area contributed by atoms with E-state index in [1.165, 1.54) is 6.92 Å². The molecule has 0 aliphatic carbocycles. The first-order valence-electron chi connectivity index (χ1n) is 4.07. The van der Waals surface area contributed by atoms with Crippen molar-refractivity contribution in [3.63, 3.8) is 0 Å². The molecule has 14 heavy (non-hydrogen) atoms. The van der Waals surface area contributed by atoms with Crippen LogP contribution in [0.25, 0.3) is 5.41 Å². The molecule has 0 saturated carbocycles. The smallest absolute Gasteiger partial charge is 0.181 e. The van der Waals surface area contributed by atoms with Crippen molar-refractivity contribution in [2.45, 2.75) is 13.8 Å². The van der Waals surface area contributed by atoms with Crippen LogP contribution in [0, 0.1) is 0 Å². The first-order valence-corrected chi connectivity index (χ1v) is 4.07. The maximum atomic E-state index is 9.21. The number of aliphatic hydroxyl groups excluding tert-OH is 1. The predicted octanol–water partition coefficient (Wildman–Crippen LogP) is 1.75. The summed E-state index contributed by atoms with van der Waals surface area (Å²) in [4.78, 5) is 0. The van der Waals surface area contributed by atoms with Crippen LogP contribution in [0.1, 0.15) is 13.8 Å². The minimum atomic E-state index is 0. The van der Waals surface area contributed by atoms with Crippen molar-refractivity contribution < 1.29 is 42.4 Å². The fraction of sp³-hybridized carbons (Fsp3) is 0.400. The van der Waals surface area contributed by atoms with Crippen molar-refractivity contribution in [3.8, 4) is 0 Å². The van der Waals surface area contributed by atoms with Crippen molar-refractivity contribution in [3.05, 3.63) is 29.4 Å². The number of hydrogen-bond acceptors (Lipinski definition) is 1. The van der Waals surface area contributed by atoms with Crippen LogP contribution >= 0.6 is 0 Å². The number of rotatable bonds is 4. The van der Waals surface area contributed by atoms with Crippen molar-refractivity contribution in [1.29, 1.82) is 0 Å². The third-order valence-electron chi connectivity index (χ3n) is 1.88. The van der Waals surface area contributed by atoms with Gasteiger partial charge in [-0.3, -0.25) is 0 Å². The largest absolute Gasteiger partial charge is 0.810 e. The Hall–Kier alpha value is -0.276. The van der Waals surface area contributed by atoms with Gasteiger partial charge in [-0.15, -0.1) is 0 Å². The third-order valence-corrected chi connectivity index (χ3v) is 1.88. The van der Waals surface area contributed by atoms with Gasteiger partial charge in [0.05, 0.1) is 5.57 Å². The monoisotopic (exact) mass is 269 g/mol. The second-order valence-corrected chi connectivity index (χ2v) is 2.88. The quantitative estimate of drug-likeness (QED) is 0.359. The zero-order valence-electron chi connectivity index (χ0n) is 8.99. The maximum absolute atomic E-state index is 9.21. The zero-order chi connectivity index (χ0) is 10.4. The molecule has 0 aromatic heterocycles. The summed E-state index contributed by atoms with van der Waals surface area (Å²) in [7, 11) is 1.86. The molecular weight excluding hydrogens is 253 g/mol. The standard InChI is InChI=1S/C10H15N2O.Y/c1-5-6-12(4)8(2)10(7-11)9(3)13;/h5,7H,1,6H2,2-4H3;/q-1;/p+1. The van der Waals surface area contributed by atoms with Gasteiger partial charge in [-0.25, -0.2) is 4.58 Å². The van der Waals surface area contributed by atoms with Crippen LogP contribution < -0.4 is 0 Å². The van der Waals surface area contributed by atoms with Gasteiger partial charge >= 0.3 is 0 Å². The van der Waals surface area contributed by atoms with Gasteiger partial charge in [0.1, 0.15) is 12.8 Å². The third kappa shape index (κ3) is 4.82. The van der Waals surface area contributed by atoms with Crippen LogP contribution in [0.3, 0.4) is 0 Å². The van der Waals surface area contributed by atoms with Crippen LogP contribution in [0.15, 0.2) is 24.0 Å². The summed E-state index contributed by atoms with van der Waals surface area (Å²) in [5, 5.41) is 18.1. The van der Waals surface area contributed by atoms with E-state index in [9.17, 15) is 5.11 Å². The molecule has 0 saturated heterocycles. The fourth-order valence-electron chi connectivity index (χ4n) is 0.985. The molecule has 0 aliphatic heterocycles. The van der Waals surface area contributed by atoms with E-state index in [0.29, 0.717) is 12.1 Å². The second-order valence-electron chi connectivity index (χ2n) is 2.88. The van der Waals surface area contributed by atoms with E-state index in [1.807, 2.05) is 18.5 Å². The molecule has 0 fully saturated rings. The van der Waals surface area contributed by atoms with Crippen LogP contribution in [-0.4, -0.2) is 35.2 Å². The Morgan fingerprint density at radius 3 is 2.29 bits per heavy atom. The van der Waals surface area contributed by atoms with Gasteiger partial charge in [-0.2, -0.15) is 6.21 Å². The van der Waals surface area contributed by atoms with E-state index in [0.717, 1.165) is 11.9 Å². The molecule has 0 atom stereocenters. The maximum Gasteiger partial charge on any atom is 0.181 e. The molecule has 3 nitrogen and oxygen atoms in total. The van der Waals surface area contributed by atoms with Gasteiger partial charge < -0.3 is 10.5 Å². The van der Waals surface area contributed by atoms with Crippen molar-refractivity contribution in [1.82, 2.24) is 0 Å². The number of hydrogen-bond donors (Lipinski definition) is 1. The number of aliphatic hydroxyl groups is 1. The molecule has 0 rings (SSSR count). The SMILES string of the molecule is C=CC[N+](C)=C(C)/C(C=[N-])=C(\C)O.[Y]. The number of allylic oxidation sites excluding steroid dienone is 2. The van der Waals surface area contributed by atoms with Crippen molar-refractivity contribution in [2.24, 2.45) is 0 Å². The Balaban J connectivity index is 0. The van der Waals surface area contributed by atoms with Crippen LogP contribution in [0.2, 0.25) is 0 Å². The van der Waals surface area contributed by atoms with Gasteiger partial charge in [0.25, 0.3) is 0 Å². The minimum absolute atomic E-state index is 0. The van der Waals surface area contributed by atoms with Crippen molar-refractivity contribution in [2.75, 3.05) is 13.6 Å². The minimum Gasteiger partial charge on any atom is -0.810 e. The van der Waals surface area contributed by atoms with Crippen LogP contribution in [0.4, 0.5) is 0 Å². The molecule has 4 heteroatoms. The molecular formula is C10H16N2OY. The topological polar surface area (TPSA) is 45.5 Å². The van der Waals surface area contributed by atoms with Crippen LogP contribution in [0.5, 0.6) is 0 Å². The Morgan fingerprint density at radius 1 is 1.50 bits per heavy atom. The molecule has 0 spiro atoms.